The summed E-state index contributed by atoms with van der Waals surface area (Å²) in [4.78, 5) is 39.6. The largest absolute Gasteiger partial charge is 0.466 e. The maximum absolute atomic E-state index is 13.3. The second-order valence-corrected chi connectivity index (χ2v) is 9.13. The van der Waals surface area contributed by atoms with Crippen LogP contribution in [0, 0.1) is 0 Å². The second kappa shape index (κ2) is 10.5. The van der Waals surface area contributed by atoms with Crippen molar-refractivity contribution in [2.24, 2.45) is 5.10 Å². The van der Waals surface area contributed by atoms with Crippen LogP contribution in [0.3, 0.4) is 0 Å². The van der Waals surface area contributed by atoms with Gasteiger partial charge in [-0.3, -0.25) is 14.5 Å². The average molecular weight is 508 g/mol. The average Bonchev–Trinajstić information content (AvgIpc) is 3.23. The van der Waals surface area contributed by atoms with E-state index >= 15 is 0 Å². The van der Waals surface area contributed by atoms with Gasteiger partial charge in [0.2, 0.25) is 0 Å². The number of hydrogen-bond donors (Lipinski definition) is 1. The fourth-order valence-corrected chi connectivity index (χ4v) is 4.70. The molecule has 0 spiro atoms. The van der Waals surface area contributed by atoms with Crippen molar-refractivity contribution in [2.45, 2.75) is 0 Å². The molecule has 2 amide bonds. The van der Waals surface area contributed by atoms with E-state index in [0.717, 1.165) is 40.1 Å². The van der Waals surface area contributed by atoms with Crippen molar-refractivity contribution in [2.75, 3.05) is 12.0 Å². The Hall–Kier alpha value is -4.69. The molecule has 0 aromatic heterocycles. The van der Waals surface area contributed by atoms with Crippen molar-refractivity contribution in [3.63, 3.8) is 0 Å². The van der Waals surface area contributed by atoms with Crippen LogP contribution in [0.15, 0.2) is 88.9 Å². The van der Waals surface area contributed by atoms with Gasteiger partial charge in [0, 0.05) is 11.6 Å². The van der Waals surface area contributed by atoms with Gasteiger partial charge in [-0.05, 0) is 52.2 Å². The molecule has 1 aliphatic heterocycles. The highest BCUT2D eigenvalue weighted by Gasteiger charge is 2.35. The first-order valence-corrected chi connectivity index (χ1v) is 12.2. The smallest absolute Gasteiger partial charge is 0.331 e. The summed E-state index contributed by atoms with van der Waals surface area (Å²) < 4.78 is 4.67. The van der Waals surface area contributed by atoms with Gasteiger partial charge in [0.1, 0.15) is 0 Å². The van der Waals surface area contributed by atoms with E-state index in [0.29, 0.717) is 11.3 Å². The number of carbonyl (C=O) groups is 3. The Morgan fingerprint density at radius 3 is 2.24 bits per heavy atom. The first kappa shape index (κ1) is 24.0. The van der Waals surface area contributed by atoms with Gasteiger partial charge >= 0.3 is 5.97 Å². The number of para-hydroxylation sites is 1. The SMILES string of the molecule is COC(=O)/C=C1\S/C(=N\NC(=O)c2cc3ccc2/C=C\c2ccc(cc2)/C=C\3)N(c2ccccc2)C1=O. The summed E-state index contributed by atoms with van der Waals surface area (Å²) in [5.41, 5.74) is 7.23. The lowest BCUT2D eigenvalue weighted by molar-refractivity contribution is -0.135. The molecule has 8 rings (SSSR count). The van der Waals surface area contributed by atoms with Crippen LogP contribution in [0.2, 0.25) is 0 Å². The molecule has 5 aliphatic rings. The Balaban J connectivity index is 1.47. The molecular formula is C29H21N3O4S. The van der Waals surface area contributed by atoms with E-state index in [1.165, 1.54) is 12.0 Å². The van der Waals surface area contributed by atoms with Gasteiger partial charge in [0.25, 0.3) is 11.8 Å². The van der Waals surface area contributed by atoms with Crippen LogP contribution in [-0.4, -0.2) is 30.1 Å². The molecule has 7 nitrogen and oxygen atoms in total. The molecule has 3 aromatic carbocycles. The number of hydrogen-bond acceptors (Lipinski definition) is 6. The van der Waals surface area contributed by atoms with Crippen LogP contribution < -0.4 is 10.3 Å². The number of anilines is 1. The molecule has 182 valence electrons. The zero-order valence-electron chi connectivity index (χ0n) is 19.8. The van der Waals surface area contributed by atoms with Gasteiger partial charge < -0.3 is 4.74 Å². The normalized spacial score (nSPS) is 18.0. The van der Waals surface area contributed by atoms with Crippen LogP contribution in [0.1, 0.15) is 32.6 Å². The number of carbonyl (C=O) groups excluding carboxylic acids is 3. The molecule has 4 bridgehead atoms. The summed E-state index contributed by atoms with van der Waals surface area (Å²) in [6, 6.07) is 22.6. The number of ether oxygens (including phenoxy) is 1. The molecule has 0 unspecified atom stereocenters. The maximum atomic E-state index is 13.3. The van der Waals surface area contributed by atoms with Crippen LogP contribution in [0.5, 0.6) is 0 Å². The van der Waals surface area contributed by atoms with Crippen molar-refractivity contribution >= 4 is 64.7 Å². The molecule has 0 atom stereocenters. The van der Waals surface area contributed by atoms with Crippen molar-refractivity contribution < 1.29 is 19.1 Å². The lowest BCUT2D eigenvalue weighted by Crippen LogP contribution is -2.31. The lowest BCUT2D eigenvalue weighted by atomic mass is 10.00. The van der Waals surface area contributed by atoms with Crippen LogP contribution in [-0.2, 0) is 14.3 Å². The first-order valence-electron chi connectivity index (χ1n) is 11.4. The zero-order chi connectivity index (χ0) is 25.8. The summed E-state index contributed by atoms with van der Waals surface area (Å²) >= 11 is 0.976. The number of thioether (sulfide) groups is 1. The van der Waals surface area contributed by atoms with Gasteiger partial charge in [-0.25, -0.2) is 10.2 Å². The van der Waals surface area contributed by atoms with Gasteiger partial charge in [-0.2, -0.15) is 0 Å². The predicted molar refractivity (Wildman–Crippen MR) is 147 cm³/mol. The third-order valence-electron chi connectivity index (χ3n) is 5.71. The summed E-state index contributed by atoms with van der Waals surface area (Å²) in [6.45, 7) is 0. The molecule has 1 N–H and O–H groups in total. The highest BCUT2D eigenvalue weighted by atomic mass is 32.2. The Morgan fingerprint density at radius 2 is 1.54 bits per heavy atom. The van der Waals surface area contributed by atoms with Crippen molar-refractivity contribution in [1.29, 1.82) is 0 Å². The molecule has 0 radical (unpaired) electrons. The predicted octanol–water partition coefficient (Wildman–Crippen LogP) is 5.18. The molecule has 0 saturated carbocycles. The lowest BCUT2D eigenvalue weighted by Gasteiger charge is -2.15. The third-order valence-corrected chi connectivity index (χ3v) is 6.67. The number of esters is 1. The van der Waals surface area contributed by atoms with E-state index in [-0.39, 0.29) is 10.1 Å². The summed E-state index contributed by atoms with van der Waals surface area (Å²) in [5, 5.41) is 4.48. The van der Waals surface area contributed by atoms with Gasteiger partial charge in [-0.15, -0.1) is 5.10 Å². The minimum atomic E-state index is -0.655. The number of rotatable bonds is 4. The minimum Gasteiger partial charge on any atom is -0.466 e. The van der Waals surface area contributed by atoms with Crippen molar-refractivity contribution in [3.05, 3.63) is 112 Å². The molecule has 4 aliphatic carbocycles. The Labute approximate surface area is 217 Å². The van der Waals surface area contributed by atoms with Crippen molar-refractivity contribution in [3.8, 4) is 0 Å². The second-order valence-electron chi connectivity index (χ2n) is 8.13. The number of amidine groups is 1. The van der Waals surface area contributed by atoms with Crippen LogP contribution in [0.4, 0.5) is 5.69 Å². The number of benzene rings is 3. The quantitative estimate of drug-likeness (QED) is 0.234. The zero-order valence-corrected chi connectivity index (χ0v) is 20.6. The van der Waals surface area contributed by atoms with Crippen molar-refractivity contribution in [1.82, 2.24) is 5.43 Å². The van der Waals surface area contributed by atoms with E-state index in [2.05, 4.69) is 15.3 Å². The third kappa shape index (κ3) is 5.29. The number of amides is 2. The minimum absolute atomic E-state index is 0.139. The standard InChI is InChI=1S/C29H21N3O4S/c1-36-26(33)18-25-28(35)32(23-5-3-2-4-6-23)29(37-25)31-30-27(34)24-17-21-12-11-19-7-9-20(10-8-19)13-15-22(24)16-14-21/h2-18H,1H3,(H,30,34)/b12-11-,15-13-,19-11?,20-13?,21-12?,22-15?,25-18-,31-29-. The van der Waals surface area contributed by atoms with Gasteiger partial charge in [0.05, 0.1) is 17.7 Å². The summed E-state index contributed by atoms with van der Waals surface area (Å²) in [6.07, 6.45) is 8.87. The molecule has 3 aromatic rings. The monoisotopic (exact) mass is 507 g/mol. The Kier molecular flexibility index (Phi) is 6.83. The maximum Gasteiger partial charge on any atom is 0.331 e. The molecule has 1 heterocycles. The van der Waals surface area contributed by atoms with Gasteiger partial charge in [0.15, 0.2) is 5.17 Å². The molecule has 37 heavy (non-hydrogen) atoms. The Morgan fingerprint density at radius 1 is 0.892 bits per heavy atom. The van der Waals surface area contributed by atoms with E-state index in [9.17, 15) is 14.4 Å². The van der Waals surface area contributed by atoms with E-state index in [1.54, 1.807) is 30.3 Å². The Bertz CT molecular complexity index is 1510. The molecule has 8 heteroatoms. The summed E-state index contributed by atoms with van der Waals surface area (Å²) in [7, 11) is 1.24. The first-order chi connectivity index (χ1) is 18.0. The topological polar surface area (TPSA) is 88.1 Å². The fourth-order valence-electron chi connectivity index (χ4n) is 3.79. The molecule has 1 fully saturated rings. The fraction of sp³-hybridized carbons (Fsp3) is 0.0345. The van der Waals surface area contributed by atoms with E-state index in [4.69, 9.17) is 0 Å². The van der Waals surface area contributed by atoms with E-state index in [1.807, 2.05) is 66.8 Å². The van der Waals surface area contributed by atoms with Gasteiger partial charge in [-0.1, -0.05) is 78.9 Å². The number of nitrogens with zero attached hydrogens (tertiary/aromatic N) is 2. The van der Waals surface area contributed by atoms with E-state index < -0.39 is 17.8 Å². The number of methoxy groups -OCH3 is 1. The summed E-state index contributed by atoms with van der Waals surface area (Å²) in [5.74, 6) is -1.52. The number of hydrazone groups is 1. The van der Waals surface area contributed by atoms with Crippen LogP contribution in [0.25, 0.3) is 24.3 Å². The highest BCUT2D eigenvalue weighted by Crippen LogP contribution is 2.34. The number of nitrogens with one attached hydrogen (secondary N) is 1. The van der Waals surface area contributed by atoms with Crippen LogP contribution >= 0.6 is 11.8 Å². The molecule has 1 saturated heterocycles. The molecular weight excluding hydrogens is 486 g/mol. The highest BCUT2D eigenvalue weighted by molar-refractivity contribution is 8.19.